The van der Waals surface area contributed by atoms with Gasteiger partial charge in [-0.15, -0.1) is 0 Å². The molecule has 186 valence electrons. The molecule has 0 aliphatic carbocycles. The van der Waals surface area contributed by atoms with Gasteiger partial charge in [0.15, 0.2) is 23.0 Å². The van der Waals surface area contributed by atoms with Crippen LogP contribution >= 0.6 is 11.9 Å². The first-order chi connectivity index (χ1) is 17.6. The van der Waals surface area contributed by atoms with Crippen molar-refractivity contribution in [1.82, 2.24) is 9.97 Å². The highest BCUT2D eigenvalue weighted by Crippen LogP contribution is 2.37. The molecular formula is C27H28N4O4S. The van der Waals surface area contributed by atoms with Crippen molar-refractivity contribution in [2.45, 2.75) is 17.9 Å². The second kappa shape index (κ2) is 10.4. The van der Waals surface area contributed by atoms with Crippen molar-refractivity contribution < 1.29 is 18.9 Å². The fourth-order valence-electron chi connectivity index (χ4n) is 4.42. The first kappa shape index (κ1) is 23.9. The summed E-state index contributed by atoms with van der Waals surface area (Å²) in [6.07, 6.45) is 2.55. The van der Waals surface area contributed by atoms with Gasteiger partial charge in [0.1, 0.15) is 12.1 Å². The fourth-order valence-corrected chi connectivity index (χ4v) is 5.09. The predicted octanol–water partition coefficient (Wildman–Crippen LogP) is 5.35. The van der Waals surface area contributed by atoms with Crippen LogP contribution in [0.25, 0.3) is 10.9 Å². The Bertz CT molecular complexity index is 1400. The van der Waals surface area contributed by atoms with E-state index in [0.29, 0.717) is 23.0 Å². The standard InChI is InChI=1S/C27H28N4O4S/c1-32-23-8-7-20(12-24(23)33-2)36-30-19-6-5-17-9-10-31(15-18(17)11-19)27-21-13-25(34-3)26(35-4)14-22(21)28-16-29-27/h5-8,11-14,16,30H,9-10,15H2,1-4H3. The van der Waals surface area contributed by atoms with E-state index < -0.39 is 0 Å². The Morgan fingerprint density at radius 2 is 1.53 bits per heavy atom. The van der Waals surface area contributed by atoms with Gasteiger partial charge in [0.25, 0.3) is 0 Å². The van der Waals surface area contributed by atoms with E-state index in [1.165, 1.54) is 23.1 Å². The summed E-state index contributed by atoms with van der Waals surface area (Å²) >= 11 is 1.53. The second-order valence-electron chi connectivity index (χ2n) is 8.30. The Kier molecular flexibility index (Phi) is 6.90. The molecule has 0 bridgehead atoms. The molecule has 1 aliphatic heterocycles. The SMILES string of the molecule is COc1ccc(SNc2ccc3c(c2)CN(c2ncnc4cc(OC)c(OC)cc24)CC3)cc1OC. The summed E-state index contributed by atoms with van der Waals surface area (Å²) in [6.45, 7) is 1.63. The maximum atomic E-state index is 5.52. The van der Waals surface area contributed by atoms with Gasteiger partial charge in [0.05, 0.1) is 34.0 Å². The number of ether oxygens (including phenoxy) is 4. The van der Waals surface area contributed by atoms with E-state index in [0.717, 1.165) is 46.8 Å². The molecule has 0 fully saturated rings. The van der Waals surface area contributed by atoms with E-state index in [-0.39, 0.29) is 0 Å². The zero-order valence-electron chi connectivity index (χ0n) is 20.7. The van der Waals surface area contributed by atoms with E-state index in [1.807, 2.05) is 30.3 Å². The summed E-state index contributed by atoms with van der Waals surface area (Å²) in [6, 6.07) is 16.3. The van der Waals surface area contributed by atoms with Crippen LogP contribution in [0.1, 0.15) is 11.1 Å². The van der Waals surface area contributed by atoms with E-state index in [2.05, 4.69) is 37.8 Å². The van der Waals surface area contributed by atoms with Crippen LogP contribution in [-0.2, 0) is 13.0 Å². The van der Waals surface area contributed by atoms with Crippen molar-refractivity contribution in [3.05, 3.63) is 66.0 Å². The Labute approximate surface area is 214 Å². The van der Waals surface area contributed by atoms with Crippen LogP contribution in [0.2, 0.25) is 0 Å². The highest BCUT2D eigenvalue weighted by molar-refractivity contribution is 8.00. The van der Waals surface area contributed by atoms with Gasteiger partial charge in [-0.25, -0.2) is 9.97 Å². The minimum atomic E-state index is 0.654. The molecule has 0 saturated heterocycles. The van der Waals surface area contributed by atoms with Crippen molar-refractivity contribution in [2.75, 3.05) is 44.6 Å². The van der Waals surface area contributed by atoms with Gasteiger partial charge in [-0.05, 0) is 65.9 Å². The lowest BCUT2D eigenvalue weighted by Gasteiger charge is -2.31. The summed E-state index contributed by atoms with van der Waals surface area (Å²) in [5, 5.41) is 0.942. The minimum absolute atomic E-state index is 0.654. The van der Waals surface area contributed by atoms with Crippen LogP contribution in [0, 0.1) is 0 Å². The van der Waals surface area contributed by atoms with Crippen molar-refractivity contribution in [2.24, 2.45) is 0 Å². The molecule has 5 rings (SSSR count). The van der Waals surface area contributed by atoms with Crippen LogP contribution < -0.4 is 28.6 Å². The van der Waals surface area contributed by atoms with Crippen molar-refractivity contribution in [3.8, 4) is 23.0 Å². The molecule has 0 amide bonds. The van der Waals surface area contributed by atoms with Gasteiger partial charge < -0.3 is 28.6 Å². The summed E-state index contributed by atoms with van der Waals surface area (Å²) in [4.78, 5) is 12.4. The van der Waals surface area contributed by atoms with Crippen molar-refractivity contribution in [1.29, 1.82) is 0 Å². The minimum Gasteiger partial charge on any atom is -0.493 e. The lowest BCUT2D eigenvalue weighted by atomic mass is 9.99. The molecule has 1 N–H and O–H groups in total. The summed E-state index contributed by atoms with van der Waals surface area (Å²) in [5.41, 5.74) is 4.48. The Hall–Kier alpha value is -3.85. The lowest BCUT2D eigenvalue weighted by Crippen LogP contribution is -2.31. The first-order valence-corrected chi connectivity index (χ1v) is 12.3. The maximum absolute atomic E-state index is 5.52. The molecule has 4 aromatic rings. The molecule has 8 nitrogen and oxygen atoms in total. The fraction of sp³-hybridized carbons (Fsp3) is 0.259. The highest BCUT2D eigenvalue weighted by atomic mass is 32.2. The summed E-state index contributed by atoms with van der Waals surface area (Å²) in [7, 11) is 6.54. The molecule has 3 aromatic carbocycles. The molecule has 0 unspecified atom stereocenters. The number of nitrogens with one attached hydrogen (secondary N) is 1. The van der Waals surface area contributed by atoms with Gasteiger partial charge in [0, 0.05) is 35.1 Å². The highest BCUT2D eigenvalue weighted by Gasteiger charge is 2.21. The van der Waals surface area contributed by atoms with E-state index >= 15 is 0 Å². The van der Waals surface area contributed by atoms with E-state index in [4.69, 9.17) is 18.9 Å². The monoisotopic (exact) mass is 504 g/mol. The zero-order valence-corrected chi connectivity index (χ0v) is 21.5. The number of methoxy groups -OCH3 is 4. The molecule has 0 atom stereocenters. The normalized spacial score (nSPS) is 12.7. The lowest BCUT2D eigenvalue weighted by molar-refractivity contribution is 0.354. The molecule has 0 saturated carbocycles. The number of rotatable bonds is 8. The van der Waals surface area contributed by atoms with Crippen LogP contribution in [0.15, 0.2) is 59.8 Å². The molecular weight excluding hydrogens is 476 g/mol. The molecule has 2 heterocycles. The zero-order chi connectivity index (χ0) is 25.1. The predicted molar refractivity (Wildman–Crippen MR) is 143 cm³/mol. The van der Waals surface area contributed by atoms with Gasteiger partial charge in [-0.2, -0.15) is 0 Å². The summed E-state index contributed by atoms with van der Waals surface area (Å²) < 4.78 is 25.2. The Balaban J connectivity index is 1.37. The number of hydrogen-bond donors (Lipinski definition) is 1. The first-order valence-electron chi connectivity index (χ1n) is 11.5. The smallest absolute Gasteiger partial charge is 0.162 e. The third-order valence-corrected chi connectivity index (χ3v) is 7.11. The number of anilines is 2. The van der Waals surface area contributed by atoms with Gasteiger partial charge in [0.2, 0.25) is 0 Å². The van der Waals surface area contributed by atoms with Crippen LogP contribution in [0.3, 0.4) is 0 Å². The molecule has 1 aromatic heterocycles. The van der Waals surface area contributed by atoms with Crippen LogP contribution in [-0.4, -0.2) is 45.0 Å². The second-order valence-corrected chi connectivity index (χ2v) is 9.18. The topological polar surface area (TPSA) is 78.0 Å². The van der Waals surface area contributed by atoms with Gasteiger partial charge in [-0.3, -0.25) is 0 Å². The summed E-state index contributed by atoms with van der Waals surface area (Å²) in [5.74, 6) is 3.63. The maximum Gasteiger partial charge on any atom is 0.162 e. The quantitative estimate of drug-likeness (QED) is 0.320. The molecule has 1 aliphatic rings. The van der Waals surface area contributed by atoms with E-state index in [1.54, 1.807) is 34.8 Å². The van der Waals surface area contributed by atoms with E-state index in [9.17, 15) is 0 Å². The average molecular weight is 505 g/mol. The third kappa shape index (κ3) is 4.66. The van der Waals surface area contributed by atoms with Crippen molar-refractivity contribution in [3.63, 3.8) is 0 Å². The van der Waals surface area contributed by atoms with Crippen LogP contribution in [0.5, 0.6) is 23.0 Å². The van der Waals surface area contributed by atoms with Gasteiger partial charge >= 0.3 is 0 Å². The van der Waals surface area contributed by atoms with Crippen molar-refractivity contribution >= 4 is 34.4 Å². The molecule has 0 spiro atoms. The number of nitrogens with zero attached hydrogens (tertiary/aromatic N) is 3. The number of benzene rings is 3. The third-order valence-electron chi connectivity index (χ3n) is 6.28. The Morgan fingerprint density at radius 1 is 0.778 bits per heavy atom. The molecule has 9 heteroatoms. The number of aromatic nitrogens is 2. The number of fused-ring (bicyclic) bond motifs is 2. The van der Waals surface area contributed by atoms with Gasteiger partial charge in [-0.1, -0.05) is 6.07 Å². The van der Waals surface area contributed by atoms with Crippen LogP contribution in [0.4, 0.5) is 11.5 Å². The molecule has 0 radical (unpaired) electrons. The molecule has 36 heavy (non-hydrogen) atoms. The Morgan fingerprint density at radius 3 is 2.31 bits per heavy atom. The largest absolute Gasteiger partial charge is 0.493 e. The average Bonchev–Trinajstić information content (AvgIpc) is 2.94. The number of hydrogen-bond acceptors (Lipinski definition) is 9.